The quantitative estimate of drug-likeness (QED) is 0.523. The molecule has 1 heterocycles. The minimum absolute atomic E-state index is 0.423. The lowest BCUT2D eigenvalue weighted by molar-refractivity contribution is 0.669. The summed E-state index contributed by atoms with van der Waals surface area (Å²) < 4.78 is 5.64. The van der Waals surface area contributed by atoms with Gasteiger partial charge in [0.1, 0.15) is 10.6 Å². The van der Waals surface area contributed by atoms with E-state index in [-0.39, 0.29) is 0 Å². The van der Waals surface area contributed by atoms with Crippen molar-refractivity contribution in [1.82, 2.24) is 0 Å². The molecule has 0 amide bonds. The molecule has 0 atom stereocenters. The molecular formula is C12H5Cl3O. The van der Waals surface area contributed by atoms with Crippen LogP contribution in [0.3, 0.4) is 0 Å². The van der Waals surface area contributed by atoms with Crippen LogP contribution in [0.1, 0.15) is 0 Å². The fourth-order valence-corrected chi connectivity index (χ4v) is 2.41. The van der Waals surface area contributed by atoms with E-state index in [1.54, 1.807) is 6.07 Å². The van der Waals surface area contributed by atoms with Crippen molar-refractivity contribution >= 4 is 56.7 Å². The van der Waals surface area contributed by atoms with Crippen molar-refractivity contribution in [3.8, 4) is 0 Å². The van der Waals surface area contributed by atoms with Crippen LogP contribution in [-0.2, 0) is 0 Å². The minimum Gasteiger partial charge on any atom is -0.454 e. The predicted octanol–water partition coefficient (Wildman–Crippen LogP) is 5.55. The number of halogens is 3. The topological polar surface area (TPSA) is 13.1 Å². The van der Waals surface area contributed by atoms with Crippen molar-refractivity contribution in [2.45, 2.75) is 0 Å². The third kappa shape index (κ3) is 1.32. The van der Waals surface area contributed by atoms with E-state index in [1.165, 1.54) is 0 Å². The lowest BCUT2D eigenvalue weighted by Gasteiger charge is -1.95. The Labute approximate surface area is 106 Å². The van der Waals surface area contributed by atoms with Crippen molar-refractivity contribution in [2.24, 2.45) is 0 Å². The van der Waals surface area contributed by atoms with Crippen LogP contribution in [0, 0.1) is 0 Å². The molecule has 0 spiro atoms. The Kier molecular flexibility index (Phi) is 2.28. The van der Waals surface area contributed by atoms with Crippen LogP contribution >= 0.6 is 34.8 Å². The van der Waals surface area contributed by atoms with E-state index in [1.807, 2.05) is 24.3 Å². The van der Waals surface area contributed by atoms with E-state index in [9.17, 15) is 0 Å². The maximum atomic E-state index is 6.13. The van der Waals surface area contributed by atoms with Gasteiger partial charge >= 0.3 is 0 Å². The largest absolute Gasteiger partial charge is 0.454 e. The molecule has 0 N–H and O–H groups in total. The van der Waals surface area contributed by atoms with Gasteiger partial charge in [-0.15, -0.1) is 0 Å². The summed E-state index contributed by atoms with van der Waals surface area (Å²) in [6, 6.07) is 9.11. The van der Waals surface area contributed by atoms with E-state index in [2.05, 4.69) is 0 Å². The van der Waals surface area contributed by atoms with Gasteiger partial charge < -0.3 is 4.42 Å². The zero-order valence-corrected chi connectivity index (χ0v) is 10.2. The number of furan rings is 1. The molecule has 0 saturated carbocycles. The number of fused-ring (bicyclic) bond motifs is 3. The van der Waals surface area contributed by atoms with Gasteiger partial charge in [-0.05, 0) is 24.3 Å². The lowest BCUT2D eigenvalue weighted by atomic mass is 10.1. The average molecular weight is 272 g/mol. The molecule has 0 bridgehead atoms. The van der Waals surface area contributed by atoms with Crippen molar-refractivity contribution in [1.29, 1.82) is 0 Å². The summed E-state index contributed by atoms with van der Waals surface area (Å²) in [5.74, 6) is 0. The molecule has 0 aliphatic heterocycles. The van der Waals surface area contributed by atoms with Gasteiger partial charge in [-0.25, -0.2) is 0 Å². The first-order chi connectivity index (χ1) is 7.68. The van der Waals surface area contributed by atoms with E-state index in [4.69, 9.17) is 39.2 Å². The molecule has 0 aliphatic rings. The maximum absolute atomic E-state index is 6.13. The molecular weight excluding hydrogens is 266 g/mol. The molecule has 1 nitrogen and oxygen atoms in total. The first-order valence-electron chi connectivity index (χ1n) is 4.63. The lowest BCUT2D eigenvalue weighted by Crippen LogP contribution is -1.71. The van der Waals surface area contributed by atoms with Gasteiger partial charge in [-0.2, -0.15) is 0 Å². The highest BCUT2D eigenvalue weighted by Crippen LogP contribution is 2.39. The van der Waals surface area contributed by atoms with Crippen molar-refractivity contribution in [2.75, 3.05) is 0 Å². The number of hydrogen-bond acceptors (Lipinski definition) is 1. The average Bonchev–Trinajstić information content (AvgIpc) is 2.64. The Morgan fingerprint density at radius 3 is 2.50 bits per heavy atom. The summed E-state index contributed by atoms with van der Waals surface area (Å²) in [5.41, 5.74) is 1.30. The first-order valence-corrected chi connectivity index (χ1v) is 5.76. The van der Waals surface area contributed by atoms with Crippen molar-refractivity contribution < 1.29 is 4.42 Å². The smallest absolute Gasteiger partial charge is 0.155 e. The Bertz CT molecular complexity index is 700. The summed E-state index contributed by atoms with van der Waals surface area (Å²) >= 11 is 18.1. The zero-order chi connectivity index (χ0) is 11.3. The van der Waals surface area contributed by atoms with Gasteiger partial charge in [0.2, 0.25) is 0 Å². The number of hydrogen-bond donors (Lipinski definition) is 0. The zero-order valence-electron chi connectivity index (χ0n) is 7.93. The summed E-state index contributed by atoms with van der Waals surface area (Å²) in [6.45, 7) is 0. The summed E-state index contributed by atoms with van der Waals surface area (Å²) in [4.78, 5) is 0. The first kappa shape index (κ1) is 10.3. The van der Waals surface area contributed by atoms with Crippen LogP contribution in [-0.4, -0.2) is 0 Å². The molecule has 1 aromatic heterocycles. The van der Waals surface area contributed by atoms with Gasteiger partial charge in [0.25, 0.3) is 0 Å². The van der Waals surface area contributed by atoms with Crippen LogP contribution < -0.4 is 0 Å². The predicted molar refractivity (Wildman–Crippen MR) is 68.8 cm³/mol. The normalized spacial score (nSPS) is 11.4. The van der Waals surface area contributed by atoms with E-state index < -0.39 is 0 Å². The SMILES string of the molecule is Clc1ccc2c(oc3cccc(Cl)c32)c1Cl. The molecule has 3 rings (SSSR count). The molecule has 16 heavy (non-hydrogen) atoms. The standard InChI is InChI=1S/C12H5Cl3O/c13-7-2-1-3-9-10(7)6-4-5-8(14)11(15)12(6)16-9/h1-5H. The highest BCUT2D eigenvalue weighted by Gasteiger charge is 2.13. The monoisotopic (exact) mass is 270 g/mol. The Balaban J connectivity index is 2.62. The minimum atomic E-state index is 0.423. The van der Waals surface area contributed by atoms with E-state index >= 15 is 0 Å². The summed E-state index contributed by atoms with van der Waals surface area (Å²) in [7, 11) is 0. The molecule has 0 aliphatic carbocycles. The molecule has 3 aromatic rings. The summed E-state index contributed by atoms with van der Waals surface area (Å²) in [6.07, 6.45) is 0. The van der Waals surface area contributed by atoms with Crippen LogP contribution in [0.5, 0.6) is 0 Å². The highest BCUT2D eigenvalue weighted by molar-refractivity contribution is 6.46. The second-order valence-corrected chi connectivity index (χ2v) is 4.65. The number of rotatable bonds is 0. The molecule has 2 aromatic carbocycles. The second-order valence-electron chi connectivity index (χ2n) is 3.45. The molecule has 4 heteroatoms. The fraction of sp³-hybridized carbons (Fsp3) is 0. The molecule has 0 fully saturated rings. The second kappa shape index (κ2) is 3.56. The summed E-state index contributed by atoms with van der Waals surface area (Å²) in [5, 5.41) is 3.30. The van der Waals surface area contributed by atoms with Gasteiger partial charge in [-0.3, -0.25) is 0 Å². The highest BCUT2D eigenvalue weighted by atomic mass is 35.5. The Hall–Kier alpha value is -0.890. The fourth-order valence-electron chi connectivity index (χ4n) is 1.79. The van der Waals surface area contributed by atoms with E-state index in [0.29, 0.717) is 26.2 Å². The maximum Gasteiger partial charge on any atom is 0.155 e. The third-order valence-corrected chi connectivity index (χ3v) is 3.61. The molecule has 0 radical (unpaired) electrons. The Morgan fingerprint density at radius 1 is 0.875 bits per heavy atom. The third-order valence-electron chi connectivity index (χ3n) is 2.51. The van der Waals surface area contributed by atoms with Gasteiger partial charge in [-0.1, -0.05) is 40.9 Å². The molecule has 0 saturated heterocycles. The Morgan fingerprint density at radius 2 is 1.69 bits per heavy atom. The number of benzene rings is 2. The van der Waals surface area contributed by atoms with Crippen molar-refractivity contribution in [3.05, 3.63) is 45.4 Å². The van der Waals surface area contributed by atoms with Crippen LogP contribution in [0.4, 0.5) is 0 Å². The van der Waals surface area contributed by atoms with Gasteiger partial charge in [0.15, 0.2) is 5.58 Å². The van der Waals surface area contributed by atoms with Crippen LogP contribution in [0.2, 0.25) is 15.1 Å². The van der Waals surface area contributed by atoms with Crippen LogP contribution in [0.25, 0.3) is 21.9 Å². The van der Waals surface area contributed by atoms with Crippen LogP contribution in [0.15, 0.2) is 34.7 Å². The van der Waals surface area contributed by atoms with Gasteiger partial charge in [0.05, 0.1) is 10.0 Å². The van der Waals surface area contributed by atoms with Gasteiger partial charge in [0, 0.05) is 10.8 Å². The molecule has 80 valence electrons. The van der Waals surface area contributed by atoms with Crippen molar-refractivity contribution in [3.63, 3.8) is 0 Å². The molecule has 0 unspecified atom stereocenters. The van der Waals surface area contributed by atoms with E-state index in [0.717, 1.165) is 10.8 Å².